The second kappa shape index (κ2) is 7.89. The standard InChI is InChI=1S/C20H24N4O/c1-15-7-10-24(11-8-15)20(25)17(12-21)13-22-9-6-16-14-23-19-5-3-2-4-18(16)19/h2-5,13-15,22-23H,6-11H2,1H3/b17-13-. The predicted molar refractivity (Wildman–Crippen MR) is 98.7 cm³/mol. The number of nitriles is 1. The summed E-state index contributed by atoms with van der Waals surface area (Å²) in [6.07, 6.45) is 6.43. The minimum Gasteiger partial charge on any atom is -0.389 e. The molecule has 0 radical (unpaired) electrons. The van der Waals surface area contributed by atoms with Crippen LogP contribution in [0.15, 0.2) is 42.2 Å². The fourth-order valence-corrected chi connectivity index (χ4v) is 3.24. The van der Waals surface area contributed by atoms with Crippen LogP contribution in [-0.4, -0.2) is 35.4 Å². The number of para-hydroxylation sites is 1. The van der Waals surface area contributed by atoms with E-state index in [1.807, 2.05) is 24.4 Å². The lowest BCUT2D eigenvalue weighted by atomic mass is 9.99. The van der Waals surface area contributed by atoms with E-state index in [0.29, 0.717) is 12.5 Å². The summed E-state index contributed by atoms with van der Waals surface area (Å²) in [6, 6.07) is 10.2. The molecule has 0 unspecified atom stereocenters. The fraction of sp³-hybridized carbons (Fsp3) is 0.400. The van der Waals surface area contributed by atoms with E-state index in [1.54, 1.807) is 11.1 Å². The monoisotopic (exact) mass is 336 g/mol. The van der Waals surface area contributed by atoms with Crippen molar-refractivity contribution in [3.8, 4) is 6.07 Å². The number of rotatable bonds is 5. The van der Waals surface area contributed by atoms with E-state index in [0.717, 1.165) is 37.9 Å². The minimum absolute atomic E-state index is 0.158. The molecule has 3 rings (SSSR count). The summed E-state index contributed by atoms with van der Waals surface area (Å²) in [5.74, 6) is 0.502. The van der Waals surface area contributed by atoms with Crippen LogP contribution in [0.2, 0.25) is 0 Å². The van der Waals surface area contributed by atoms with Gasteiger partial charge in [-0.3, -0.25) is 4.79 Å². The molecule has 2 N–H and O–H groups in total. The Hall–Kier alpha value is -2.74. The molecule has 1 fully saturated rings. The number of nitrogens with one attached hydrogen (secondary N) is 2. The van der Waals surface area contributed by atoms with Gasteiger partial charge in [-0.15, -0.1) is 0 Å². The van der Waals surface area contributed by atoms with Crippen molar-refractivity contribution in [2.75, 3.05) is 19.6 Å². The molecule has 1 aromatic carbocycles. The number of piperidine rings is 1. The molecule has 5 heteroatoms. The molecular weight excluding hydrogens is 312 g/mol. The zero-order valence-electron chi connectivity index (χ0n) is 14.6. The van der Waals surface area contributed by atoms with Gasteiger partial charge in [0, 0.05) is 42.9 Å². The van der Waals surface area contributed by atoms with E-state index >= 15 is 0 Å². The van der Waals surface area contributed by atoms with Crippen LogP contribution >= 0.6 is 0 Å². The van der Waals surface area contributed by atoms with Gasteiger partial charge in [0.05, 0.1) is 0 Å². The van der Waals surface area contributed by atoms with Crippen molar-refractivity contribution < 1.29 is 4.79 Å². The third-order valence-electron chi connectivity index (χ3n) is 4.88. The first-order chi connectivity index (χ1) is 12.2. The third kappa shape index (κ3) is 4.03. The molecule has 0 bridgehead atoms. The lowest BCUT2D eigenvalue weighted by Crippen LogP contribution is -2.38. The molecule has 0 aliphatic carbocycles. The molecule has 1 aliphatic heterocycles. The van der Waals surface area contributed by atoms with E-state index in [9.17, 15) is 10.1 Å². The molecule has 0 spiro atoms. The van der Waals surface area contributed by atoms with Crippen molar-refractivity contribution in [3.05, 3.63) is 47.8 Å². The Kier molecular flexibility index (Phi) is 5.39. The maximum Gasteiger partial charge on any atom is 0.265 e. The Morgan fingerprint density at radius 3 is 2.92 bits per heavy atom. The minimum atomic E-state index is -0.158. The van der Waals surface area contributed by atoms with Crippen LogP contribution < -0.4 is 5.32 Å². The molecule has 130 valence electrons. The average molecular weight is 336 g/mol. The molecule has 2 aromatic rings. The van der Waals surface area contributed by atoms with E-state index in [4.69, 9.17) is 0 Å². The Morgan fingerprint density at radius 1 is 1.40 bits per heavy atom. The van der Waals surface area contributed by atoms with Gasteiger partial charge in [-0.25, -0.2) is 0 Å². The third-order valence-corrected chi connectivity index (χ3v) is 4.88. The van der Waals surface area contributed by atoms with Gasteiger partial charge in [0.15, 0.2) is 0 Å². The summed E-state index contributed by atoms with van der Waals surface area (Å²) >= 11 is 0. The molecule has 1 aromatic heterocycles. The van der Waals surface area contributed by atoms with Crippen LogP contribution in [0, 0.1) is 17.2 Å². The summed E-state index contributed by atoms with van der Waals surface area (Å²) in [4.78, 5) is 17.5. The highest BCUT2D eigenvalue weighted by Gasteiger charge is 2.22. The SMILES string of the molecule is CC1CCN(C(=O)/C(C#N)=C\NCCc2c[nH]c3ccccc23)CC1. The van der Waals surface area contributed by atoms with Crippen molar-refractivity contribution in [2.24, 2.45) is 5.92 Å². The molecule has 1 saturated heterocycles. The van der Waals surface area contributed by atoms with Gasteiger partial charge in [0.25, 0.3) is 5.91 Å². The predicted octanol–water partition coefficient (Wildman–Crippen LogP) is 2.97. The lowest BCUT2D eigenvalue weighted by molar-refractivity contribution is -0.128. The highest BCUT2D eigenvalue weighted by atomic mass is 16.2. The average Bonchev–Trinajstić information content (AvgIpc) is 3.05. The van der Waals surface area contributed by atoms with E-state index in [2.05, 4.69) is 29.4 Å². The number of carbonyl (C=O) groups excluding carboxylic acids is 1. The second-order valence-electron chi connectivity index (χ2n) is 6.71. The number of H-pyrrole nitrogens is 1. The van der Waals surface area contributed by atoms with Crippen LogP contribution in [0.3, 0.4) is 0 Å². The molecular formula is C20H24N4O. The number of aromatic amines is 1. The van der Waals surface area contributed by atoms with Gasteiger partial charge < -0.3 is 15.2 Å². The molecule has 2 heterocycles. The van der Waals surface area contributed by atoms with Gasteiger partial charge in [0.1, 0.15) is 11.6 Å². The maximum absolute atomic E-state index is 12.4. The number of hydrogen-bond acceptors (Lipinski definition) is 3. The van der Waals surface area contributed by atoms with Crippen molar-refractivity contribution in [1.29, 1.82) is 5.26 Å². The number of fused-ring (bicyclic) bond motifs is 1. The zero-order valence-corrected chi connectivity index (χ0v) is 14.6. The number of carbonyl (C=O) groups is 1. The number of hydrogen-bond donors (Lipinski definition) is 2. The number of amides is 1. The van der Waals surface area contributed by atoms with Crippen molar-refractivity contribution >= 4 is 16.8 Å². The first-order valence-electron chi connectivity index (χ1n) is 8.87. The highest BCUT2D eigenvalue weighted by Crippen LogP contribution is 2.18. The summed E-state index contributed by atoms with van der Waals surface area (Å²) in [5, 5.41) is 13.6. The summed E-state index contributed by atoms with van der Waals surface area (Å²) < 4.78 is 0. The van der Waals surface area contributed by atoms with E-state index < -0.39 is 0 Å². The Labute approximate surface area is 148 Å². The second-order valence-corrected chi connectivity index (χ2v) is 6.71. The van der Waals surface area contributed by atoms with Crippen LogP contribution in [0.25, 0.3) is 10.9 Å². The quantitative estimate of drug-likeness (QED) is 0.501. The number of aromatic nitrogens is 1. The maximum atomic E-state index is 12.4. The summed E-state index contributed by atoms with van der Waals surface area (Å²) in [7, 11) is 0. The number of nitrogens with zero attached hydrogens (tertiary/aromatic N) is 2. The summed E-state index contributed by atoms with van der Waals surface area (Å²) in [5.41, 5.74) is 2.54. The zero-order chi connectivity index (χ0) is 17.6. The molecule has 1 aliphatic rings. The molecule has 1 amide bonds. The number of likely N-dealkylation sites (tertiary alicyclic amines) is 1. The van der Waals surface area contributed by atoms with Crippen LogP contribution in [-0.2, 0) is 11.2 Å². The smallest absolute Gasteiger partial charge is 0.265 e. The van der Waals surface area contributed by atoms with Crippen LogP contribution in [0.4, 0.5) is 0 Å². The topological polar surface area (TPSA) is 71.9 Å². The number of benzene rings is 1. The lowest BCUT2D eigenvalue weighted by Gasteiger charge is -2.30. The Morgan fingerprint density at radius 2 is 2.16 bits per heavy atom. The first kappa shape index (κ1) is 17.1. The van der Waals surface area contributed by atoms with Gasteiger partial charge in [0.2, 0.25) is 0 Å². The normalized spacial score (nSPS) is 16.0. The summed E-state index contributed by atoms with van der Waals surface area (Å²) in [6.45, 7) is 4.37. The molecule has 5 nitrogen and oxygen atoms in total. The Balaban J connectivity index is 1.55. The first-order valence-corrected chi connectivity index (χ1v) is 8.87. The molecule has 0 atom stereocenters. The van der Waals surface area contributed by atoms with Crippen LogP contribution in [0.5, 0.6) is 0 Å². The largest absolute Gasteiger partial charge is 0.389 e. The van der Waals surface area contributed by atoms with E-state index in [1.165, 1.54) is 10.9 Å². The van der Waals surface area contributed by atoms with Gasteiger partial charge in [-0.2, -0.15) is 5.26 Å². The van der Waals surface area contributed by atoms with Gasteiger partial charge >= 0.3 is 0 Å². The van der Waals surface area contributed by atoms with Crippen LogP contribution in [0.1, 0.15) is 25.3 Å². The Bertz CT molecular complexity index is 806. The molecule has 0 saturated carbocycles. The van der Waals surface area contributed by atoms with E-state index in [-0.39, 0.29) is 11.5 Å². The van der Waals surface area contributed by atoms with Gasteiger partial charge in [-0.1, -0.05) is 25.1 Å². The van der Waals surface area contributed by atoms with Crippen molar-refractivity contribution in [3.63, 3.8) is 0 Å². The van der Waals surface area contributed by atoms with Gasteiger partial charge in [-0.05, 0) is 36.8 Å². The van der Waals surface area contributed by atoms with Crippen molar-refractivity contribution in [2.45, 2.75) is 26.2 Å². The molecule has 25 heavy (non-hydrogen) atoms. The van der Waals surface area contributed by atoms with Crippen molar-refractivity contribution in [1.82, 2.24) is 15.2 Å². The highest BCUT2D eigenvalue weighted by molar-refractivity contribution is 5.97. The fourth-order valence-electron chi connectivity index (χ4n) is 3.24.